The molecule has 0 aliphatic carbocycles. The summed E-state index contributed by atoms with van der Waals surface area (Å²) in [7, 11) is 0. The Morgan fingerprint density at radius 2 is 1.73 bits per heavy atom. The van der Waals surface area contributed by atoms with E-state index in [-0.39, 0.29) is 5.91 Å². The Bertz CT molecular complexity index is 668. The van der Waals surface area contributed by atoms with Gasteiger partial charge in [-0.2, -0.15) is 0 Å². The van der Waals surface area contributed by atoms with E-state index in [2.05, 4.69) is 0 Å². The van der Waals surface area contributed by atoms with Gasteiger partial charge in [-0.25, -0.2) is 0 Å². The number of benzene rings is 1. The number of carbonyl (C=O) groups is 1. The maximum Gasteiger partial charge on any atom is 0.219 e. The summed E-state index contributed by atoms with van der Waals surface area (Å²) >= 11 is 12.2. The summed E-state index contributed by atoms with van der Waals surface area (Å²) < 4.78 is 0. The minimum Gasteiger partial charge on any atom is -0.343 e. The van der Waals surface area contributed by atoms with E-state index < -0.39 is 5.66 Å². The zero-order valence-corrected chi connectivity index (χ0v) is 14.1. The minimum atomic E-state index is -0.430. The predicted octanol–water partition coefficient (Wildman–Crippen LogP) is 3.60. The fraction of sp³-hybridized carbons (Fsp3) is 0.438. The van der Waals surface area contributed by atoms with Crippen molar-refractivity contribution in [3.63, 3.8) is 0 Å². The molecule has 1 fully saturated rings. The van der Waals surface area contributed by atoms with Crippen LogP contribution < -0.4 is 0 Å². The van der Waals surface area contributed by atoms with Gasteiger partial charge in [0.15, 0.2) is 5.66 Å². The van der Waals surface area contributed by atoms with Crippen LogP contribution in [0.3, 0.4) is 0 Å². The first-order valence-electron chi connectivity index (χ1n) is 7.27. The molecule has 0 aromatic heterocycles. The third-order valence-corrected chi connectivity index (χ3v) is 4.62. The van der Waals surface area contributed by atoms with Crippen LogP contribution in [0.2, 0.25) is 10.0 Å². The van der Waals surface area contributed by atoms with Crippen LogP contribution in [0.25, 0.3) is 0 Å². The molecule has 4 nitrogen and oxygen atoms in total. The van der Waals surface area contributed by atoms with Gasteiger partial charge in [-0.3, -0.25) is 14.8 Å². The van der Waals surface area contributed by atoms with Gasteiger partial charge in [-0.1, -0.05) is 23.2 Å². The first-order valence-corrected chi connectivity index (χ1v) is 8.03. The molecule has 22 heavy (non-hydrogen) atoms. The Kier molecular flexibility index (Phi) is 4.00. The monoisotopic (exact) mass is 337 g/mol. The molecule has 0 saturated carbocycles. The van der Waals surface area contributed by atoms with E-state index in [1.165, 1.54) is 0 Å². The van der Waals surface area contributed by atoms with Gasteiger partial charge in [0.1, 0.15) is 0 Å². The van der Waals surface area contributed by atoms with Gasteiger partial charge in [0.2, 0.25) is 5.91 Å². The molecule has 0 bridgehead atoms. The zero-order valence-electron chi connectivity index (χ0n) is 12.6. The molecular weight excluding hydrogens is 321 g/mol. The van der Waals surface area contributed by atoms with Crippen molar-refractivity contribution >= 4 is 40.5 Å². The topological polar surface area (TPSA) is 45.0 Å². The average Bonchev–Trinajstić information content (AvgIpc) is 2.75. The first-order chi connectivity index (χ1) is 10.4. The SMILES string of the molecule is CC(=O)N1CCC2(CC1)N=C(C)C(c1cc(Cl)cc(Cl)c1)=N2. The van der Waals surface area contributed by atoms with Crippen molar-refractivity contribution < 1.29 is 4.79 Å². The van der Waals surface area contributed by atoms with Crippen molar-refractivity contribution in [3.8, 4) is 0 Å². The number of halogens is 2. The Morgan fingerprint density at radius 3 is 2.27 bits per heavy atom. The van der Waals surface area contributed by atoms with Crippen LogP contribution in [0.1, 0.15) is 32.3 Å². The predicted molar refractivity (Wildman–Crippen MR) is 90.3 cm³/mol. The molecule has 0 unspecified atom stereocenters. The fourth-order valence-electron chi connectivity index (χ4n) is 3.05. The first kappa shape index (κ1) is 15.5. The molecule has 1 spiro atoms. The lowest BCUT2D eigenvalue weighted by molar-refractivity contribution is -0.130. The minimum absolute atomic E-state index is 0.111. The summed E-state index contributed by atoms with van der Waals surface area (Å²) in [6, 6.07) is 5.42. The Labute approximate surface area is 139 Å². The second-order valence-electron chi connectivity index (χ2n) is 5.80. The number of hydrogen-bond donors (Lipinski definition) is 0. The van der Waals surface area contributed by atoms with Crippen molar-refractivity contribution in [1.82, 2.24) is 4.90 Å². The summed E-state index contributed by atoms with van der Waals surface area (Å²) in [6.45, 7) is 4.95. The average molecular weight is 338 g/mol. The summed E-state index contributed by atoms with van der Waals surface area (Å²) in [4.78, 5) is 22.9. The number of hydrogen-bond acceptors (Lipinski definition) is 3. The van der Waals surface area contributed by atoms with E-state index in [1.807, 2.05) is 24.0 Å². The quantitative estimate of drug-likeness (QED) is 0.772. The summed E-state index contributed by atoms with van der Waals surface area (Å²) in [5.41, 5.74) is 2.21. The van der Waals surface area contributed by atoms with Gasteiger partial charge in [0.25, 0.3) is 0 Å². The number of nitrogens with zero attached hydrogens (tertiary/aromatic N) is 3. The number of amides is 1. The lowest BCUT2D eigenvalue weighted by Gasteiger charge is -2.34. The third kappa shape index (κ3) is 2.90. The van der Waals surface area contributed by atoms with Gasteiger partial charge < -0.3 is 4.90 Å². The van der Waals surface area contributed by atoms with Crippen molar-refractivity contribution in [2.75, 3.05) is 13.1 Å². The van der Waals surface area contributed by atoms with Crippen LogP contribution in [-0.4, -0.2) is 41.0 Å². The van der Waals surface area contributed by atoms with Crippen molar-refractivity contribution in [3.05, 3.63) is 33.8 Å². The number of aliphatic imine (C=N–C) groups is 2. The highest BCUT2D eigenvalue weighted by Crippen LogP contribution is 2.34. The van der Waals surface area contributed by atoms with E-state index in [1.54, 1.807) is 13.0 Å². The molecule has 2 aliphatic heterocycles. The highest BCUT2D eigenvalue weighted by atomic mass is 35.5. The molecule has 1 aromatic rings. The van der Waals surface area contributed by atoms with E-state index in [9.17, 15) is 4.79 Å². The molecule has 0 N–H and O–H groups in total. The highest BCUT2D eigenvalue weighted by molar-refractivity contribution is 6.49. The molecular formula is C16H17Cl2N3O. The second kappa shape index (κ2) is 5.67. The van der Waals surface area contributed by atoms with Gasteiger partial charge in [0, 0.05) is 48.5 Å². The molecule has 1 amide bonds. The maximum absolute atomic E-state index is 11.5. The molecule has 0 radical (unpaired) electrons. The highest BCUT2D eigenvalue weighted by Gasteiger charge is 2.38. The van der Waals surface area contributed by atoms with Crippen LogP contribution in [0.5, 0.6) is 0 Å². The summed E-state index contributed by atoms with van der Waals surface area (Å²) in [6.07, 6.45) is 1.50. The van der Waals surface area contributed by atoms with Crippen LogP contribution in [0.15, 0.2) is 28.2 Å². The molecule has 0 atom stereocenters. The Balaban J connectivity index is 1.89. The number of piperidine rings is 1. The lowest BCUT2D eigenvalue weighted by atomic mass is 9.98. The second-order valence-corrected chi connectivity index (χ2v) is 6.68. The van der Waals surface area contributed by atoms with E-state index >= 15 is 0 Å². The Hall–Kier alpha value is -1.39. The van der Waals surface area contributed by atoms with Crippen molar-refractivity contribution in [2.24, 2.45) is 9.98 Å². The van der Waals surface area contributed by atoms with E-state index in [0.717, 1.165) is 29.8 Å². The van der Waals surface area contributed by atoms with E-state index in [0.29, 0.717) is 23.1 Å². The number of likely N-dealkylation sites (tertiary alicyclic amines) is 1. The normalized spacial score (nSPS) is 20.1. The summed E-state index contributed by atoms with van der Waals surface area (Å²) in [5, 5.41) is 1.18. The third-order valence-electron chi connectivity index (χ3n) is 4.18. The standard InChI is InChI=1S/C16H17Cl2N3O/c1-10-15(12-7-13(17)9-14(18)8-12)20-16(19-10)3-5-21(6-4-16)11(2)22/h7-9H,3-6H2,1-2H3. The molecule has 116 valence electrons. The largest absolute Gasteiger partial charge is 0.343 e. The molecule has 1 saturated heterocycles. The summed E-state index contributed by atoms with van der Waals surface area (Å²) in [5.74, 6) is 0.111. The van der Waals surface area contributed by atoms with Crippen LogP contribution in [0, 0.1) is 0 Å². The van der Waals surface area contributed by atoms with Crippen LogP contribution in [0.4, 0.5) is 0 Å². The molecule has 1 aromatic carbocycles. The number of carbonyl (C=O) groups excluding carboxylic acids is 1. The zero-order chi connectivity index (χ0) is 15.9. The number of rotatable bonds is 1. The van der Waals surface area contributed by atoms with Crippen LogP contribution >= 0.6 is 23.2 Å². The Morgan fingerprint density at radius 1 is 1.14 bits per heavy atom. The maximum atomic E-state index is 11.5. The van der Waals surface area contributed by atoms with E-state index in [4.69, 9.17) is 33.2 Å². The molecule has 3 rings (SSSR count). The van der Waals surface area contributed by atoms with Crippen molar-refractivity contribution in [1.29, 1.82) is 0 Å². The van der Waals surface area contributed by atoms with Gasteiger partial charge in [-0.05, 0) is 25.1 Å². The van der Waals surface area contributed by atoms with Gasteiger partial charge >= 0.3 is 0 Å². The van der Waals surface area contributed by atoms with Crippen molar-refractivity contribution in [2.45, 2.75) is 32.4 Å². The lowest BCUT2D eigenvalue weighted by Crippen LogP contribution is -2.43. The molecule has 6 heteroatoms. The molecule has 2 aliphatic rings. The smallest absolute Gasteiger partial charge is 0.219 e. The van der Waals surface area contributed by atoms with Crippen LogP contribution in [-0.2, 0) is 4.79 Å². The van der Waals surface area contributed by atoms with Gasteiger partial charge in [-0.15, -0.1) is 0 Å². The molecule has 2 heterocycles. The fourth-order valence-corrected chi connectivity index (χ4v) is 3.57. The van der Waals surface area contributed by atoms with Gasteiger partial charge in [0.05, 0.1) is 11.4 Å².